The molecule has 4 radical (unpaired) electrons. The fourth-order valence-corrected chi connectivity index (χ4v) is 0. The first kappa shape index (κ1) is 64.4. The molecule has 5 heteroatoms. The van der Waals surface area contributed by atoms with Gasteiger partial charge in [-0.25, -0.2) is 0 Å². The Labute approximate surface area is 73.1 Å². The van der Waals surface area contributed by atoms with E-state index < -0.39 is 0 Å². The van der Waals surface area contributed by atoms with Gasteiger partial charge in [0.15, 0.2) is 0 Å². The van der Waals surface area contributed by atoms with Gasteiger partial charge >= 0.3 is 0 Å². The maximum absolute atomic E-state index is 0. The van der Waals surface area contributed by atoms with Gasteiger partial charge in [-0.2, -0.15) is 0 Å². The quantitative estimate of drug-likeness (QED) is 0.380. The number of halogens is 4. The average molecular weight is 261 g/mol. The van der Waals surface area contributed by atoms with Gasteiger partial charge in [0.1, 0.15) is 0 Å². The van der Waals surface area contributed by atoms with Gasteiger partial charge in [-0.05, 0) is 0 Å². The molecule has 0 amide bonds. The largest absolute Gasteiger partial charge is 1.00 e. The van der Waals surface area contributed by atoms with Crippen LogP contribution >= 0.6 is 0 Å². The molecular weight excluding hydrogens is 261 g/mol. The van der Waals surface area contributed by atoms with Crippen LogP contribution in [0, 0.1) is 0 Å². The molecule has 0 bridgehead atoms. The Bertz CT molecular complexity index is 3.61. The van der Waals surface area contributed by atoms with Crippen molar-refractivity contribution < 1.29 is 49.6 Å². The third kappa shape index (κ3) is 24.3. The standard InChI is InChI=1S/4ClH.Sn/h4*1H;/p-4. The first-order chi connectivity index (χ1) is 0. The molecule has 0 heterocycles. The van der Waals surface area contributed by atoms with Gasteiger partial charge < -0.3 is 49.6 Å². The van der Waals surface area contributed by atoms with Crippen molar-refractivity contribution in [3.63, 3.8) is 0 Å². The van der Waals surface area contributed by atoms with E-state index in [1.807, 2.05) is 0 Å². The van der Waals surface area contributed by atoms with E-state index in [4.69, 9.17) is 0 Å². The monoisotopic (exact) mass is 260 g/mol. The van der Waals surface area contributed by atoms with Crippen molar-refractivity contribution in [1.82, 2.24) is 0 Å². The summed E-state index contributed by atoms with van der Waals surface area (Å²) >= 11 is 0. The van der Waals surface area contributed by atoms with Crippen LogP contribution in [0.2, 0.25) is 0 Å². The normalized spacial score (nSPS) is 0. The average Bonchev–Trinajstić information content (AvgIpc) is 0. The Morgan fingerprint density at radius 3 is 0.400 bits per heavy atom. The van der Waals surface area contributed by atoms with E-state index >= 15 is 0 Å². The molecule has 5 heavy (non-hydrogen) atoms. The van der Waals surface area contributed by atoms with Crippen molar-refractivity contribution >= 4 is 23.9 Å². The van der Waals surface area contributed by atoms with Gasteiger partial charge in [0, 0.05) is 23.9 Å². The maximum Gasteiger partial charge on any atom is 0 e. The summed E-state index contributed by atoms with van der Waals surface area (Å²) in [4.78, 5) is 0. The zero-order valence-electron chi connectivity index (χ0n) is 2.01. The molecule has 0 nitrogen and oxygen atoms in total. The molecule has 0 rings (SSSR count). The van der Waals surface area contributed by atoms with Crippen molar-refractivity contribution in [3.8, 4) is 0 Å². The van der Waals surface area contributed by atoms with Crippen molar-refractivity contribution in [3.05, 3.63) is 0 Å². The second kappa shape index (κ2) is 38.2. The Balaban J connectivity index is 0. The van der Waals surface area contributed by atoms with Crippen molar-refractivity contribution in [1.29, 1.82) is 0 Å². The second-order valence-electron chi connectivity index (χ2n) is 0. The summed E-state index contributed by atoms with van der Waals surface area (Å²) in [5.41, 5.74) is 0. The first-order valence-electron chi connectivity index (χ1n) is 0. The summed E-state index contributed by atoms with van der Waals surface area (Å²) < 4.78 is 0. The summed E-state index contributed by atoms with van der Waals surface area (Å²) in [6.07, 6.45) is 0. The van der Waals surface area contributed by atoms with Crippen LogP contribution in [0.25, 0.3) is 0 Å². The van der Waals surface area contributed by atoms with Crippen LogP contribution in [0.3, 0.4) is 0 Å². The molecule has 0 saturated carbocycles. The van der Waals surface area contributed by atoms with E-state index in [2.05, 4.69) is 0 Å². The maximum atomic E-state index is 0. The Morgan fingerprint density at radius 2 is 0.400 bits per heavy atom. The van der Waals surface area contributed by atoms with Gasteiger partial charge in [0.05, 0.1) is 0 Å². The van der Waals surface area contributed by atoms with Crippen LogP contribution in [0.5, 0.6) is 0 Å². The van der Waals surface area contributed by atoms with E-state index in [1.54, 1.807) is 0 Å². The third-order valence-corrected chi connectivity index (χ3v) is 0. The second-order valence-corrected chi connectivity index (χ2v) is 0. The van der Waals surface area contributed by atoms with Crippen LogP contribution in [0.4, 0.5) is 0 Å². The molecule has 0 saturated heterocycles. The van der Waals surface area contributed by atoms with Crippen molar-refractivity contribution in [2.45, 2.75) is 0 Å². The molecule has 0 fully saturated rings. The number of hydrogen-bond acceptors (Lipinski definition) is 0. The van der Waals surface area contributed by atoms with E-state index in [1.165, 1.54) is 0 Å². The minimum absolute atomic E-state index is 0. The van der Waals surface area contributed by atoms with Gasteiger partial charge in [0.25, 0.3) is 0 Å². The Hall–Kier alpha value is 1.96. The van der Waals surface area contributed by atoms with E-state index in [9.17, 15) is 0 Å². The van der Waals surface area contributed by atoms with Gasteiger partial charge in [0.2, 0.25) is 0 Å². The molecular formula is Cl4Sn-4. The molecule has 0 aromatic carbocycles. The van der Waals surface area contributed by atoms with E-state index in [0.29, 0.717) is 0 Å². The van der Waals surface area contributed by atoms with Crippen LogP contribution in [0.1, 0.15) is 0 Å². The molecule has 0 atom stereocenters. The predicted molar refractivity (Wildman–Crippen MR) is 5.75 cm³/mol. The topological polar surface area (TPSA) is 0 Å². The SMILES string of the molecule is [Cl-].[Cl-].[Cl-].[Cl-].[Sn]. The third-order valence-electron chi connectivity index (χ3n) is 0. The van der Waals surface area contributed by atoms with Gasteiger partial charge in [-0.3, -0.25) is 0 Å². The Kier molecular flexibility index (Phi) is 492. The first-order valence-corrected chi connectivity index (χ1v) is 0. The van der Waals surface area contributed by atoms with Gasteiger partial charge in [-0.15, -0.1) is 0 Å². The molecule has 0 aromatic heterocycles. The van der Waals surface area contributed by atoms with E-state index in [0.717, 1.165) is 0 Å². The summed E-state index contributed by atoms with van der Waals surface area (Å²) in [6, 6.07) is 0. The summed E-state index contributed by atoms with van der Waals surface area (Å²) in [5.74, 6) is 0. The zero-order chi connectivity index (χ0) is 0. The number of rotatable bonds is 0. The van der Waals surface area contributed by atoms with E-state index in [-0.39, 0.29) is 73.5 Å². The fraction of sp³-hybridized carbons (Fsp3) is 0. The van der Waals surface area contributed by atoms with Crippen LogP contribution in [-0.2, 0) is 0 Å². The molecule has 0 aliphatic heterocycles. The molecule has 36 valence electrons. The predicted octanol–water partition coefficient (Wildman–Crippen LogP) is -12.4. The summed E-state index contributed by atoms with van der Waals surface area (Å²) in [7, 11) is 0. The fourth-order valence-electron chi connectivity index (χ4n) is 0. The molecule has 0 aliphatic carbocycles. The molecule has 0 aliphatic rings. The van der Waals surface area contributed by atoms with Crippen molar-refractivity contribution in [2.24, 2.45) is 0 Å². The summed E-state index contributed by atoms with van der Waals surface area (Å²) in [6.45, 7) is 0. The van der Waals surface area contributed by atoms with Crippen molar-refractivity contribution in [2.75, 3.05) is 0 Å². The molecule has 0 spiro atoms. The zero-order valence-corrected chi connectivity index (χ0v) is 7.89. The number of hydrogen-bond donors (Lipinski definition) is 0. The Morgan fingerprint density at radius 1 is 0.400 bits per heavy atom. The van der Waals surface area contributed by atoms with Crippen LogP contribution in [0.15, 0.2) is 0 Å². The summed E-state index contributed by atoms with van der Waals surface area (Å²) in [5, 5.41) is 0. The van der Waals surface area contributed by atoms with Crippen LogP contribution < -0.4 is 49.6 Å². The van der Waals surface area contributed by atoms with Crippen LogP contribution in [-0.4, -0.2) is 23.9 Å². The molecule has 0 N–H and O–H groups in total. The molecule has 0 unspecified atom stereocenters. The minimum Gasteiger partial charge on any atom is -1.00 e. The smallest absolute Gasteiger partial charge is 0 e. The molecule has 0 aromatic rings. The minimum atomic E-state index is 0. The van der Waals surface area contributed by atoms with Gasteiger partial charge in [-0.1, -0.05) is 0 Å².